The standard InChI is InChI=1S/C15H13NO3/c17-12-16-14-8-4-5-9-15(14)19-11-10-18-13-6-2-1-3-7-13/h1-9H,10-11H2. The van der Waals surface area contributed by atoms with Gasteiger partial charge in [-0.15, -0.1) is 0 Å². The summed E-state index contributed by atoms with van der Waals surface area (Å²) in [6.45, 7) is 0.795. The minimum Gasteiger partial charge on any atom is -0.490 e. The van der Waals surface area contributed by atoms with Crippen LogP contribution in [-0.2, 0) is 4.79 Å². The zero-order valence-electron chi connectivity index (χ0n) is 10.3. The smallest absolute Gasteiger partial charge is 0.240 e. The predicted molar refractivity (Wildman–Crippen MR) is 71.7 cm³/mol. The molecule has 2 rings (SSSR count). The minimum absolute atomic E-state index is 0.375. The maximum absolute atomic E-state index is 10.3. The van der Waals surface area contributed by atoms with Crippen LogP contribution in [0, 0.1) is 0 Å². The van der Waals surface area contributed by atoms with E-state index in [1.165, 1.54) is 6.08 Å². The predicted octanol–water partition coefficient (Wildman–Crippen LogP) is 3.11. The van der Waals surface area contributed by atoms with Crippen molar-refractivity contribution in [2.24, 2.45) is 4.99 Å². The monoisotopic (exact) mass is 255 g/mol. The van der Waals surface area contributed by atoms with Gasteiger partial charge in [-0.2, -0.15) is 4.99 Å². The van der Waals surface area contributed by atoms with E-state index in [2.05, 4.69) is 4.99 Å². The minimum atomic E-state index is 0.375. The third-order valence-electron chi connectivity index (χ3n) is 2.38. The highest BCUT2D eigenvalue weighted by Crippen LogP contribution is 2.26. The molecule has 0 saturated heterocycles. The lowest BCUT2D eigenvalue weighted by atomic mass is 10.3. The molecule has 0 atom stereocenters. The fraction of sp³-hybridized carbons (Fsp3) is 0.133. The maximum atomic E-state index is 10.3. The van der Waals surface area contributed by atoms with Gasteiger partial charge in [-0.1, -0.05) is 30.3 Å². The van der Waals surface area contributed by atoms with E-state index < -0.39 is 0 Å². The van der Waals surface area contributed by atoms with Crippen molar-refractivity contribution in [1.29, 1.82) is 0 Å². The van der Waals surface area contributed by atoms with Gasteiger partial charge in [-0.25, -0.2) is 4.79 Å². The second-order valence-electron chi connectivity index (χ2n) is 3.68. The van der Waals surface area contributed by atoms with Crippen molar-refractivity contribution >= 4 is 11.8 Å². The third-order valence-corrected chi connectivity index (χ3v) is 2.38. The Balaban J connectivity index is 1.84. The molecule has 0 spiro atoms. The average Bonchev–Trinajstić information content (AvgIpc) is 2.47. The highest BCUT2D eigenvalue weighted by atomic mass is 16.5. The van der Waals surface area contributed by atoms with Crippen LogP contribution in [0.15, 0.2) is 59.6 Å². The van der Waals surface area contributed by atoms with Crippen LogP contribution in [-0.4, -0.2) is 19.3 Å². The summed E-state index contributed by atoms with van der Waals surface area (Å²) in [5, 5.41) is 0. The van der Waals surface area contributed by atoms with Crippen molar-refractivity contribution in [2.45, 2.75) is 0 Å². The summed E-state index contributed by atoms with van der Waals surface area (Å²) in [5.41, 5.74) is 0.470. The molecule has 0 radical (unpaired) electrons. The van der Waals surface area contributed by atoms with Crippen molar-refractivity contribution in [3.63, 3.8) is 0 Å². The van der Waals surface area contributed by atoms with E-state index in [9.17, 15) is 4.79 Å². The molecule has 0 bridgehead atoms. The fourth-order valence-corrected chi connectivity index (χ4v) is 1.55. The highest BCUT2D eigenvalue weighted by molar-refractivity contribution is 5.57. The zero-order chi connectivity index (χ0) is 13.3. The van der Waals surface area contributed by atoms with Crippen LogP contribution >= 0.6 is 0 Å². The van der Waals surface area contributed by atoms with Gasteiger partial charge in [-0.05, 0) is 24.3 Å². The number of isocyanates is 1. The molecule has 2 aromatic rings. The molecule has 0 heterocycles. The molecule has 19 heavy (non-hydrogen) atoms. The number of carbonyl (C=O) groups excluding carboxylic acids is 1. The molecule has 0 amide bonds. The molecule has 2 aromatic carbocycles. The van der Waals surface area contributed by atoms with E-state index in [0.29, 0.717) is 24.7 Å². The van der Waals surface area contributed by atoms with Crippen molar-refractivity contribution in [2.75, 3.05) is 13.2 Å². The number of rotatable bonds is 6. The van der Waals surface area contributed by atoms with Crippen LogP contribution in [0.4, 0.5) is 5.69 Å². The number of benzene rings is 2. The molecular weight excluding hydrogens is 242 g/mol. The molecule has 96 valence electrons. The van der Waals surface area contributed by atoms with Crippen molar-refractivity contribution in [3.05, 3.63) is 54.6 Å². The molecular formula is C15H13NO3. The lowest BCUT2D eigenvalue weighted by molar-refractivity contribution is 0.217. The van der Waals surface area contributed by atoms with Crippen molar-refractivity contribution in [1.82, 2.24) is 0 Å². The Morgan fingerprint density at radius 2 is 1.58 bits per heavy atom. The van der Waals surface area contributed by atoms with Gasteiger partial charge < -0.3 is 9.47 Å². The van der Waals surface area contributed by atoms with E-state index in [1.54, 1.807) is 18.2 Å². The molecule has 4 heteroatoms. The average molecular weight is 255 g/mol. The Hall–Kier alpha value is -2.58. The van der Waals surface area contributed by atoms with Gasteiger partial charge in [0.2, 0.25) is 6.08 Å². The second-order valence-corrected chi connectivity index (χ2v) is 3.68. The number of ether oxygens (including phenoxy) is 2. The first kappa shape index (κ1) is 12.9. The second kappa shape index (κ2) is 6.99. The molecule has 0 aromatic heterocycles. The fourth-order valence-electron chi connectivity index (χ4n) is 1.55. The molecule has 0 unspecified atom stereocenters. The zero-order valence-corrected chi connectivity index (χ0v) is 10.3. The molecule has 4 nitrogen and oxygen atoms in total. The Bertz CT molecular complexity index is 563. The molecule has 0 fully saturated rings. The quantitative estimate of drug-likeness (QED) is 0.452. The Morgan fingerprint density at radius 1 is 0.895 bits per heavy atom. The van der Waals surface area contributed by atoms with Gasteiger partial charge in [-0.3, -0.25) is 0 Å². The van der Waals surface area contributed by atoms with Gasteiger partial charge in [0.25, 0.3) is 0 Å². The van der Waals surface area contributed by atoms with Crippen molar-refractivity contribution < 1.29 is 14.3 Å². The molecule has 0 aliphatic heterocycles. The van der Waals surface area contributed by atoms with E-state index in [1.807, 2.05) is 36.4 Å². The number of hydrogen-bond acceptors (Lipinski definition) is 4. The topological polar surface area (TPSA) is 47.9 Å². The molecule has 0 N–H and O–H groups in total. The Morgan fingerprint density at radius 3 is 2.37 bits per heavy atom. The molecule has 0 aliphatic rings. The summed E-state index contributed by atoms with van der Waals surface area (Å²) in [6, 6.07) is 16.5. The Labute approximate surface area is 111 Å². The van der Waals surface area contributed by atoms with E-state index in [4.69, 9.17) is 9.47 Å². The first-order chi connectivity index (χ1) is 9.40. The SMILES string of the molecule is O=C=Nc1ccccc1OCCOc1ccccc1. The van der Waals surface area contributed by atoms with Gasteiger partial charge in [0.05, 0.1) is 0 Å². The lowest BCUT2D eigenvalue weighted by Gasteiger charge is -2.09. The van der Waals surface area contributed by atoms with E-state index in [-0.39, 0.29) is 0 Å². The number of aliphatic imine (C=N–C) groups is 1. The van der Waals surface area contributed by atoms with Crippen LogP contribution in [0.1, 0.15) is 0 Å². The molecule has 0 aliphatic carbocycles. The van der Waals surface area contributed by atoms with Crippen molar-refractivity contribution in [3.8, 4) is 11.5 Å². The summed E-state index contributed by atoms with van der Waals surface area (Å²) in [4.78, 5) is 13.8. The highest BCUT2D eigenvalue weighted by Gasteiger charge is 2.01. The molecule has 0 saturated carbocycles. The van der Waals surface area contributed by atoms with Crippen LogP contribution in [0.5, 0.6) is 11.5 Å². The first-order valence-electron chi connectivity index (χ1n) is 5.87. The summed E-state index contributed by atoms with van der Waals surface area (Å²) >= 11 is 0. The van der Waals surface area contributed by atoms with E-state index in [0.717, 1.165) is 5.75 Å². The van der Waals surface area contributed by atoms with Gasteiger partial charge in [0.15, 0.2) is 0 Å². The summed E-state index contributed by atoms with van der Waals surface area (Å²) in [6.07, 6.45) is 1.50. The number of hydrogen-bond donors (Lipinski definition) is 0. The lowest BCUT2D eigenvalue weighted by Crippen LogP contribution is -2.08. The van der Waals surface area contributed by atoms with Crippen LogP contribution in [0.2, 0.25) is 0 Å². The van der Waals surface area contributed by atoms with Crippen LogP contribution in [0.3, 0.4) is 0 Å². The van der Waals surface area contributed by atoms with Gasteiger partial charge in [0, 0.05) is 0 Å². The third kappa shape index (κ3) is 3.98. The van der Waals surface area contributed by atoms with E-state index >= 15 is 0 Å². The number of nitrogens with zero attached hydrogens (tertiary/aromatic N) is 1. The van der Waals surface area contributed by atoms with Crippen LogP contribution < -0.4 is 9.47 Å². The maximum Gasteiger partial charge on any atom is 0.240 e. The Kier molecular flexibility index (Phi) is 4.73. The van der Waals surface area contributed by atoms with Gasteiger partial charge in [0.1, 0.15) is 30.4 Å². The van der Waals surface area contributed by atoms with Crippen LogP contribution in [0.25, 0.3) is 0 Å². The first-order valence-corrected chi connectivity index (χ1v) is 5.87. The number of para-hydroxylation sites is 3. The normalized spacial score (nSPS) is 9.47. The summed E-state index contributed by atoms with van der Waals surface area (Å²) in [5.74, 6) is 1.34. The summed E-state index contributed by atoms with van der Waals surface area (Å²) in [7, 11) is 0. The largest absolute Gasteiger partial charge is 0.490 e. The van der Waals surface area contributed by atoms with Gasteiger partial charge >= 0.3 is 0 Å². The summed E-state index contributed by atoms with van der Waals surface area (Å²) < 4.78 is 11.0.